The Balaban J connectivity index is 1.95. The highest BCUT2D eigenvalue weighted by Crippen LogP contribution is 2.53. The highest BCUT2D eigenvalue weighted by molar-refractivity contribution is 5.86. The maximum Gasteiger partial charge on any atom is 0.157 e. The Labute approximate surface area is 136 Å². The molecule has 0 saturated carbocycles. The number of rotatable bonds is 2. The summed E-state index contributed by atoms with van der Waals surface area (Å²) in [6.45, 7) is 4.09. The van der Waals surface area contributed by atoms with Crippen LogP contribution in [0.25, 0.3) is 10.8 Å². The second kappa shape index (κ2) is 5.10. The first-order chi connectivity index (χ1) is 11.1. The molecule has 2 nitrogen and oxygen atoms in total. The molecule has 0 amide bonds. The van der Waals surface area contributed by atoms with E-state index in [4.69, 9.17) is 4.74 Å². The van der Waals surface area contributed by atoms with Gasteiger partial charge in [-0.15, -0.1) is 0 Å². The summed E-state index contributed by atoms with van der Waals surface area (Å²) in [5.41, 5.74) is 0.893. The Morgan fingerprint density at radius 3 is 2.43 bits per heavy atom. The first kappa shape index (κ1) is 14.3. The molecule has 23 heavy (non-hydrogen) atoms. The summed E-state index contributed by atoms with van der Waals surface area (Å²) >= 11 is 0. The van der Waals surface area contributed by atoms with E-state index in [9.17, 15) is 5.11 Å². The second-order valence-electron chi connectivity index (χ2n) is 6.54. The molecule has 3 aromatic rings. The SMILES string of the molecule is CC(C)[C@]1(O)c2ccccc2O[C@@H]1c1cccc2ccccc12. The van der Waals surface area contributed by atoms with Crippen LogP contribution in [0, 0.1) is 5.92 Å². The first-order valence-corrected chi connectivity index (χ1v) is 8.08. The van der Waals surface area contributed by atoms with E-state index >= 15 is 0 Å². The number of ether oxygens (including phenoxy) is 1. The van der Waals surface area contributed by atoms with E-state index in [1.54, 1.807) is 0 Å². The molecule has 0 saturated heterocycles. The third kappa shape index (κ3) is 1.98. The lowest BCUT2D eigenvalue weighted by molar-refractivity contribution is -0.0772. The molecule has 1 aliphatic rings. The lowest BCUT2D eigenvalue weighted by atomic mass is 9.77. The average molecular weight is 304 g/mol. The molecule has 1 aliphatic heterocycles. The Hall–Kier alpha value is -2.32. The van der Waals surface area contributed by atoms with Gasteiger partial charge in [0.15, 0.2) is 6.10 Å². The van der Waals surface area contributed by atoms with Crippen molar-refractivity contribution in [1.29, 1.82) is 0 Å². The smallest absolute Gasteiger partial charge is 0.157 e. The van der Waals surface area contributed by atoms with Gasteiger partial charge in [0.05, 0.1) is 0 Å². The van der Waals surface area contributed by atoms with Crippen molar-refractivity contribution in [3.05, 3.63) is 77.9 Å². The van der Waals surface area contributed by atoms with Crippen molar-refractivity contribution in [3.8, 4) is 5.75 Å². The molecule has 0 spiro atoms. The fraction of sp³-hybridized carbons (Fsp3) is 0.238. The minimum Gasteiger partial charge on any atom is -0.482 e. The molecule has 0 radical (unpaired) electrons. The lowest BCUT2D eigenvalue weighted by Gasteiger charge is -2.33. The van der Waals surface area contributed by atoms with Crippen LogP contribution in [0.1, 0.15) is 31.1 Å². The molecule has 0 fully saturated rings. The van der Waals surface area contributed by atoms with Crippen molar-refractivity contribution in [3.63, 3.8) is 0 Å². The second-order valence-corrected chi connectivity index (χ2v) is 6.54. The van der Waals surface area contributed by atoms with Crippen molar-refractivity contribution in [1.82, 2.24) is 0 Å². The molecule has 1 heterocycles. The van der Waals surface area contributed by atoms with Crippen molar-refractivity contribution in [2.45, 2.75) is 25.6 Å². The number of para-hydroxylation sites is 1. The van der Waals surface area contributed by atoms with Crippen LogP contribution in [-0.4, -0.2) is 5.11 Å². The van der Waals surface area contributed by atoms with Gasteiger partial charge in [-0.1, -0.05) is 74.5 Å². The first-order valence-electron chi connectivity index (χ1n) is 8.08. The van der Waals surface area contributed by atoms with E-state index in [2.05, 4.69) is 24.3 Å². The molecule has 4 rings (SSSR count). The number of fused-ring (bicyclic) bond motifs is 2. The predicted octanol–water partition coefficient (Wildman–Crippen LogP) is 4.82. The van der Waals surface area contributed by atoms with E-state index in [1.807, 2.05) is 56.3 Å². The van der Waals surface area contributed by atoms with Crippen LogP contribution in [-0.2, 0) is 5.60 Å². The summed E-state index contributed by atoms with van der Waals surface area (Å²) < 4.78 is 6.23. The van der Waals surface area contributed by atoms with Gasteiger partial charge in [-0.3, -0.25) is 0 Å². The van der Waals surface area contributed by atoms with Crippen LogP contribution in [0.2, 0.25) is 0 Å². The van der Waals surface area contributed by atoms with Gasteiger partial charge in [0.1, 0.15) is 11.4 Å². The summed E-state index contributed by atoms with van der Waals surface area (Å²) in [5.74, 6) is 0.816. The molecule has 2 atom stereocenters. The zero-order valence-electron chi connectivity index (χ0n) is 13.4. The van der Waals surface area contributed by atoms with E-state index in [0.29, 0.717) is 0 Å². The van der Waals surface area contributed by atoms with Crippen molar-refractivity contribution in [2.75, 3.05) is 0 Å². The highest BCUT2D eigenvalue weighted by atomic mass is 16.5. The van der Waals surface area contributed by atoms with Crippen LogP contribution in [0.15, 0.2) is 66.7 Å². The van der Waals surface area contributed by atoms with Gasteiger partial charge >= 0.3 is 0 Å². The standard InChI is InChI=1S/C21H20O2/c1-14(2)21(22)18-12-5-6-13-19(18)23-20(21)17-11-7-9-15-8-3-4-10-16(15)17/h3-14,20,22H,1-2H3/t20-,21+/m1/s1. The van der Waals surface area contributed by atoms with Crippen LogP contribution < -0.4 is 4.74 Å². The van der Waals surface area contributed by atoms with Crippen molar-refractivity contribution < 1.29 is 9.84 Å². The molecule has 0 unspecified atom stereocenters. The van der Waals surface area contributed by atoms with Gasteiger partial charge in [-0.2, -0.15) is 0 Å². The van der Waals surface area contributed by atoms with Crippen LogP contribution in [0.4, 0.5) is 0 Å². The van der Waals surface area contributed by atoms with Crippen LogP contribution in [0.5, 0.6) is 5.75 Å². The van der Waals surface area contributed by atoms with Gasteiger partial charge in [-0.05, 0) is 22.8 Å². The average Bonchev–Trinajstić information content (AvgIpc) is 2.89. The van der Waals surface area contributed by atoms with Gasteiger partial charge in [0.2, 0.25) is 0 Å². The van der Waals surface area contributed by atoms with E-state index < -0.39 is 11.7 Å². The summed E-state index contributed by atoms with van der Waals surface area (Å²) in [4.78, 5) is 0. The van der Waals surface area contributed by atoms with Crippen molar-refractivity contribution >= 4 is 10.8 Å². The largest absolute Gasteiger partial charge is 0.482 e. The Morgan fingerprint density at radius 2 is 1.61 bits per heavy atom. The molecule has 0 aliphatic carbocycles. The summed E-state index contributed by atoms with van der Waals surface area (Å²) in [7, 11) is 0. The maximum atomic E-state index is 11.6. The summed E-state index contributed by atoms with van der Waals surface area (Å²) in [6, 6.07) is 22.3. The monoisotopic (exact) mass is 304 g/mol. The molecule has 3 aromatic carbocycles. The van der Waals surface area contributed by atoms with Gasteiger partial charge in [0, 0.05) is 11.1 Å². The molecule has 116 valence electrons. The van der Waals surface area contributed by atoms with Gasteiger partial charge in [-0.25, -0.2) is 0 Å². The van der Waals surface area contributed by atoms with Crippen LogP contribution >= 0.6 is 0 Å². The highest BCUT2D eigenvalue weighted by Gasteiger charge is 2.50. The zero-order chi connectivity index (χ0) is 16.0. The quantitative estimate of drug-likeness (QED) is 0.735. The fourth-order valence-electron chi connectivity index (χ4n) is 3.65. The molecule has 0 aromatic heterocycles. The van der Waals surface area contributed by atoms with E-state index in [-0.39, 0.29) is 5.92 Å². The third-order valence-electron chi connectivity index (χ3n) is 4.95. The third-order valence-corrected chi connectivity index (χ3v) is 4.95. The Morgan fingerprint density at radius 1 is 0.913 bits per heavy atom. The molecular weight excluding hydrogens is 284 g/mol. The van der Waals surface area contributed by atoms with Crippen molar-refractivity contribution in [2.24, 2.45) is 5.92 Å². The van der Waals surface area contributed by atoms with Crippen LogP contribution in [0.3, 0.4) is 0 Å². The molecular formula is C21H20O2. The number of aliphatic hydroxyl groups is 1. The zero-order valence-corrected chi connectivity index (χ0v) is 13.4. The summed E-state index contributed by atoms with van der Waals surface area (Å²) in [6.07, 6.45) is -0.397. The topological polar surface area (TPSA) is 29.5 Å². The van der Waals surface area contributed by atoms with E-state index in [0.717, 1.165) is 27.6 Å². The fourth-order valence-corrected chi connectivity index (χ4v) is 3.65. The lowest BCUT2D eigenvalue weighted by Crippen LogP contribution is -2.36. The molecule has 0 bridgehead atoms. The normalized spacial score (nSPS) is 23.0. The predicted molar refractivity (Wildman–Crippen MR) is 92.5 cm³/mol. The number of hydrogen-bond acceptors (Lipinski definition) is 2. The Bertz CT molecular complexity index is 863. The summed E-state index contributed by atoms with van der Waals surface area (Å²) in [5, 5.41) is 13.9. The minimum absolute atomic E-state index is 0.0371. The molecule has 1 N–H and O–H groups in total. The van der Waals surface area contributed by atoms with E-state index in [1.165, 1.54) is 0 Å². The Kier molecular flexibility index (Phi) is 3.17. The van der Waals surface area contributed by atoms with Gasteiger partial charge in [0.25, 0.3) is 0 Å². The molecule has 2 heteroatoms. The minimum atomic E-state index is -1.03. The number of benzene rings is 3. The van der Waals surface area contributed by atoms with Gasteiger partial charge < -0.3 is 9.84 Å². The number of hydrogen-bond donors (Lipinski definition) is 1. The maximum absolute atomic E-state index is 11.6.